The minimum atomic E-state index is 0.947. The molecule has 18 heavy (non-hydrogen) atoms. The summed E-state index contributed by atoms with van der Waals surface area (Å²) in [6, 6.07) is 12.3. The van der Waals surface area contributed by atoms with Gasteiger partial charge in [0.2, 0.25) is 0 Å². The highest BCUT2D eigenvalue weighted by atomic mass is 79.9. The first-order chi connectivity index (χ1) is 8.65. The number of rotatable bonds is 5. The fourth-order valence-electron chi connectivity index (χ4n) is 1.85. The number of nitrogens with zero attached hydrogens (tertiary/aromatic N) is 1. The monoisotopic (exact) mass is 307 g/mol. The van der Waals surface area contributed by atoms with E-state index in [1.54, 1.807) is 0 Å². The molecule has 2 aromatic rings. The van der Waals surface area contributed by atoms with Gasteiger partial charge >= 0.3 is 0 Å². The van der Waals surface area contributed by atoms with E-state index in [0.717, 1.165) is 40.9 Å². The lowest BCUT2D eigenvalue weighted by Gasteiger charge is -2.07. The van der Waals surface area contributed by atoms with E-state index in [1.165, 1.54) is 0 Å². The Bertz CT molecular complexity index is 487. The number of halogens is 1. The average molecular weight is 308 g/mol. The van der Waals surface area contributed by atoms with E-state index in [9.17, 15) is 0 Å². The maximum Gasteiger partial charge on any atom is 0.134 e. The van der Waals surface area contributed by atoms with Gasteiger partial charge in [0.15, 0.2) is 0 Å². The molecular weight excluding hydrogens is 290 g/mol. The fourth-order valence-corrected chi connectivity index (χ4v) is 2.12. The van der Waals surface area contributed by atoms with Gasteiger partial charge in [0.1, 0.15) is 11.5 Å². The highest BCUT2D eigenvalue weighted by Gasteiger charge is 2.04. The Kier molecular flexibility index (Phi) is 4.61. The van der Waals surface area contributed by atoms with Gasteiger partial charge in [-0.15, -0.1) is 0 Å². The summed E-state index contributed by atoms with van der Waals surface area (Å²) in [7, 11) is 4.19. The number of hydrogen-bond donors (Lipinski definition) is 0. The van der Waals surface area contributed by atoms with E-state index in [2.05, 4.69) is 53.1 Å². The lowest BCUT2D eigenvalue weighted by molar-refractivity contribution is 0.390. The Morgan fingerprint density at radius 2 is 1.78 bits per heavy atom. The molecule has 0 fully saturated rings. The molecule has 96 valence electrons. The lowest BCUT2D eigenvalue weighted by Crippen LogP contribution is -2.13. The Morgan fingerprint density at radius 1 is 1.06 bits per heavy atom. The summed E-state index contributed by atoms with van der Waals surface area (Å²) in [6.45, 7) is 1.09. The van der Waals surface area contributed by atoms with Gasteiger partial charge in [-0.1, -0.05) is 28.1 Å². The SMILES string of the molecule is CN(C)CCCc1ccc(-c2ccc(Br)cc2)o1. The van der Waals surface area contributed by atoms with Crippen molar-refractivity contribution >= 4 is 15.9 Å². The van der Waals surface area contributed by atoms with Crippen molar-refractivity contribution in [2.24, 2.45) is 0 Å². The molecule has 0 saturated heterocycles. The van der Waals surface area contributed by atoms with Crippen LogP contribution < -0.4 is 0 Å². The topological polar surface area (TPSA) is 16.4 Å². The molecular formula is C15H18BrNO. The molecule has 0 atom stereocenters. The van der Waals surface area contributed by atoms with Crippen molar-refractivity contribution in [1.29, 1.82) is 0 Å². The van der Waals surface area contributed by atoms with Crippen LogP contribution in [0.15, 0.2) is 45.3 Å². The van der Waals surface area contributed by atoms with Crippen molar-refractivity contribution in [1.82, 2.24) is 4.90 Å². The molecule has 0 bridgehead atoms. The Labute approximate surface area is 117 Å². The maximum absolute atomic E-state index is 5.86. The van der Waals surface area contributed by atoms with Crippen molar-refractivity contribution < 1.29 is 4.42 Å². The van der Waals surface area contributed by atoms with Gasteiger partial charge in [-0.05, 0) is 51.3 Å². The van der Waals surface area contributed by atoms with Crippen molar-refractivity contribution in [2.45, 2.75) is 12.8 Å². The van der Waals surface area contributed by atoms with Gasteiger partial charge in [0, 0.05) is 16.5 Å². The second-order valence-corrected chi connectivity index (χ2v) is 5.60. The van der Waals surface area contributed by atoms with Crippen LogP contribution in [-0.2, 0) is 6.42 Å². The summed E-state index contributed by atoms with van der Waals surface area (Å²) in [5.41, 5.74) is 1.12. The Hall–Kier alpha value is -1.06. The van der Waals surface area contributed by atoms with Crippen LogP contribution in [0.25, 0.3) is 11.3 Å². The summed E-state index contributed by atoms with van der Waals surface area (Å²) in [4.78, 5) is 2.19. The first-order valence-electron chi connectivity index (χ1n) is 6.14. The zero-order valence-corrected chi connectivity index (χ0v) is 12.4. The van der Waals surface area contributed by atoms with E-state index in [-0.39, 0.29) is 0 Å². The van der Waals surface area contributed by atoms with E-state index in [0.29, 0.717) is 0 Å². The van der Waals surface area contributed by atoms with Crippen molar-refractivity contribution in [3.8, 4) is 11.3 Å². The maximum atomic E-state index is 5.86. The second kappa shape index (κ2) is 6.21. The number of benzene rings is 1. The quantitative estimate of drug-likeness (QED) is 0.823. The molecule has 0 spiro atoms. The first kappa shape index (κ1) is 13.4. The Balaban J connectivity index is 1.99. The molecule has 3 heteroatoms. The fraction of sp³-hybridized carbons (Fsp3) is 0.333. The molecule has 0 unspecified atom stereocenters. The van der Waals surface area contributed by atoms with Gasteiger partial charge in [-0.25, -0.2) is 0 Å². The normalized spacial score (nSPS) is 11.1. The standard InChI is InChI=1S/C15H18BrNO/c1-17(2)11-3-4-14-9-10-15(18-14)12-5-7-13(16)8-6-12/h5-10H,3-4,11H2,1-2H3. The molecule has 0 N–H and O–H groups in total. The highest BCUT2D eigenvalue weighted by molar-refractivity contribution is 9.10. The van der Waals surface area contributed by atoms with Gasteiger partial charge in [0.05, 0.1) is 0 Å². The zero-order valence-electron chi connectivity index (χ0n) is 10.8. The second-order valence-electron chi connectivity index (χ2n) is 4.68. The summed E-state index contributed by atoms with van der Waals surface area (Å²) in [6.07, 6.45) is 2.12. The molecule has 2 rings (SSSR count). The van der Waals surface area contributed by atoms with Crippen LogP contribution in [0.3, 0.4) is 0 Å². The summed E-state index contributed by atoms with van der Waals surface area (Å²) in [5, 5.41) is 0. The van der Waals surface area contributed by atoms with E-state index >= 15 is 0 Å². The van der Waals surface area contributed by atoms with Crippen LogP contribution >= 0.6 is 15.9 Å². The van der Waals surface area contributed by atoms with E-state index in [1.807, 2.05) is 18.2 Å². The minimum Gasteiger partial charge on any atom is -0.461 e. The molecule has 1 aromatic carbocycles. The number of hydrogen-bond acceptors (Lipinski definition) is 2. The van der Waals surface area contributed by atoms with Gasteiger partial charge in [-0.2, -0.15) is 0 Å². The Morgan fingerprint density at radius 3 is 2.44 bits per heavy atom. The van der Waals surface area contributed by atoms with Crippen molar-refractivity contribution in [2.75, 3.05) is 20.6 Å². The summed E-state index contributed by atoms with van der Waals surface area (Å²) >= 11 is 3.44. The van der Waals surface area contributed by atoms with Gasteiger partial charge in [-0.3, -0.25) is 0 Å². The molecule has 1 aromatic heterocycles. The molecule has 0 amide bonds. The van der Waals surface area contributed by atoms with Crippen molar-refractivity contribution in [3.63, 3.8) is 0 Å². The lowest BCUT2D eigenvalue weighted by atomic mass is 10.2. The van der Waals surface area contributed by atoms with Crippen LogP contribution in [-0.4, -0.2) is 25.5 Å². The third-order valence-electron chi connectivity index (χ3n) is 2.82. The zero-order chi connectivity index (χ0) is 13.0. The molecule has 1 heterocycles. The third-order valence-corrected chi connectivity index (χ3v) is 3.35. The average Bonchev–Trinajstić information content (AvgIpc) is 2.78. The molecule has 0 aliphatic rings. The first-order valence-corrected chi connectivity index (χ1v) is 6.94. The smallest absolute Gasteiger partial charge is 0.134 e. The molecule has 0 aliphatic heterocycles. The molecule has 2 nitrogen and oxygen atoms in total. The number of furan rings is 1. The van der Waals surface area contributed by atoms with Crippen LogP contribution in [0.4, 0.5) is 0 Å². The van der Waals surface area contributed by atoms with Gasteiger partial charge < -0.3 is 9.32 Å². The predicted octanol–water partition coefficient (Wildman–Crippen LogP) is 4.20. The largest absolute Gasteiger partial charge is 0.461 e. The predicted molar refractivity (Wildman–Crippen MR) is 78.7 cm³/mol. The molecule has 0 radical (unpaired) electrons. The molecule has 0 saturated carbocycles. The summed E-state index contributed by atoms with van der Waals surface area (Å²) < 4.78 is 6.94. The van der Waals surface area contributed by atoms with Crippen LogP contribution in [0.5, 0.6) is 0 Å². The van der Waals surface area contributed by atoms with E-state index in [4.69, 9.17) is 4.42 Å². The van der Waals surface area contributed by atoms with E-state index < -0.39 is 0 Å². The van der Waals surface area contributed by atoms with Crippen LogP contribution in [0.1, 0.15) is 12.2 Å². The number of aryl methyl sites for hydroxylation is 1. The minimum absolute atomic E-state index is 0.947. The highest BCUT2D eigenvalue weighted by Crippen LogP contribution is 2.24. The van der Waals surface area contributed by atoms with Crippen LogP contribution in [0.2, 0.25) is 0 Å². The molecule has 0 aliphatic carbocycles. The van der Waals surface area contributed by atoms with Crippen LogP contribution in [0, 0.1) is 0 Å². The summed E-state index contributed by atoms with van der Waals surface area (Å²) in [5.74, 6) is 2.01. The third kappa shape index (κ3) is 3.72. The van der Waals surface area contributed by atoms with Crippen molar-refractivity contribution in [3.05, 3.63) is 46.6 Å². The van der Waals surface area contributed by atoms with Gasteiger partial charge in [0.25, 0.3) is 0 Å².